The molecule has 0 unspecified atom stereocenters. The molecule has 1 aromatic carbocycles. The Bertz CT molecular complexity index is 906. The first-order valence-electron chi connectivity index (χ1n) is 7.17. The van der Waals surface area contributed by atoms with E-state index in [1.54, 1.807) is 18.5 Å². The Morgan fingerprint density at radius 2 is 2.00 bits per heavy atom. The van der Waals surface area contributed by atoms with E-state index in [1.165, 1.54) is 10.7 Å². The predicted octanol–water partition coefficient (Wildman–Crippen LogP) is 2.08. The third-order valence-corrected chi connectivity index (χ3v) is 3.59. The Morgan fingerprint density at radius 3 is 2.87 bits per heavy atom. The minimum Gasteiger partial charge on any atom is -0.454 e. The van der Waals surface area contributed by atoms with Gasteiger partial charge in [-0.15, -0.1) is 0 Å². The van der Waals surface area contributed by atoms with Crippen molar-refractivity contribution in [2.75, 3.05) is 6.79 Å². The minimum atomic E-state index is -0.154. The van der Waals surface area contributed by atoms with Gasteiger partial charge in [0.15, 0.2) is 11.5 Å². The highest BCUT2D eigenvalue weighted by Crippen LogP contribution is 2.35. The molecule has 4 rings (SSSR count). The first-order valence-corrected chi connectivity index (χ1v) is 7.17. The second kappa shape index (κ2) is 5.57. The Morgan fingerprint density at radius 1 is 1.09 bits per heavy atom. The fraction of sp³-hybridized carbons (Fsp3) is 0.118. The smallest absolute Gasteiger partial charge is 0.267 e. The van der Waals surface area contributed by atoms with Crippen LogP contribution < -0.4 is 15.0 Å². The van der Waals surface area contributed by atoms with Gasteiger partial charge in [0, 0.05) is 24.0 Å². The van der Waals surface area contributed by atoms with E-state index >= 15 is 0 Å². The van der Waals surface area contributed by atoms with Crippen LogP contribution >= 0.6 is 0 Å². The van der Waals surface area contributed by atoms with Gasteiger partial charge in [-0.3, -0.25) is 9.78 Å². The quantitative estimate of drug-likeness (QED) is 0.741. The minimum absolute atomic E-state index is 0.154. The molecule has 6 nitrogen and oxygen atoms in total. The van der Waals surface area contributed by atoms with E-state index < -0.39 is 0 Å². The highest BCUT2D eigenvalue weighted by atomic mass is 16.7. The first-order chi connectivity index (χ1) is 11.3. The third kappa shape index (κ3) is 2.66. The summed E-state index contributed by atoms with van der Waals surface area (Å²) in [5.74, 6) is 1.41. The van der Waals surface area contributed by atoms with Crippen LogP contribution in [0.5, 0.6) is 11.5 Å². The maximum absolute atomic E-state index is 12.0. The summed E-state index contributed by atoms with van der Waals surface area (Å²) in [5, 5.41) is 4.44. The van der Waals surface area contributed by atoms with Crippen LogP contribution in [0.15, 0.2) is 59.7 Å². The summed E-state index contributed by atoms with van der Waals surface area (Å²) in [6.45, 7) is 0.609. The molecule has 0 N–H and O–H groups in total. The first kappa shape index (κ1) is 13.5. The normalized spacial score (nSPS) is 12.3. The lowest BCUT2D eigenvalue weighted by Gasteiger charge is -2.07. The van der Waals surface area contributed by atoms with E-state index in [0.717, 1.165) is 16.9 Å². The number of aromatic nitrogens is 3. The van der Waals surface area contributed by atoms with E-state index in [9.17, 15) is 4.79 Å². The van der Waals surface area contributed by atoms with Gasteiger partial charge in [-0.05, 0) is 35.9 Å². The summed E-state index contributed by atoms with van der Waals surface area (Å²) in [4.78, 5) is 16.1. The van der Waals surface area contributed by atoms with Gasteiger partial charge in [-0.25, -0.2) is 4.68 Å². The number of fused-ring (bicyclic) bond motifs is 1. The second-order valence-electron chi connectivity index (χ2n) is 5.14. The largest absolute Gasteiger partial charge is 0.454 e. The van der Waals surface area contributed by atoms with E-state index in [-0.39, 0.29) is 12.4 Å². The monoisotopic (exact) mass is 307 g/mol. The molecule has 0 aliphatic carbocycles. The zero-order chi connectivity index (χ0) is 15.6. The van der Waals surface area contributed by atoms with Gasteiger partial charge < -0.3 is 9.47 Å². The molecule has 1 aliphatic heterocycles. The van der Waals surface area contributed by atoms with Crippen molar-refractivity contribution in [3.05, 3.63) is 70.8 Å². The molecule has 0 radical (unpaired) electrons. The average molecular weight is 307 g/mol. The molecular weight excluding hydrogens is 294 g/mol. The van der Waals surface area contributed by atoms with Gasteiger partial charge in [0.25, 0.3) is 5.56 Å². The zero-order valence-electron chi connectivity index (χ0n) is 12.2. The molecule has 2 aromatic heterocycles. The van der Waals surface area contributed by atoms with E-state index in [0.29, 0.717) is 18.0 Å². The standard InChI is InChI=1S/C17H13N3O3/c21-17-6-4-14(13-3-5-15-16(8-13)23-11-22-15)19-20(17)10-12-2-1-7-18-9-12/h1-9H,10-11H2. The predicted molar refractivity (Wildman–Crippen MR) is 83.4 cm³/mol. The van der Waals surface area contributed by atoms with Gasteiger partial charge in [0.05, 0.1) is 12.2 Å². The SMILES string of the molecule is O=c1ccc(-c2ccc3c(c2)OCO3)nn1Cc1cccnc1. The Kier molecular flexibility index (Phi) is 3.27. The summed E-state index contributed by atoms with van der Waals surface area (Å²) in [7, 11) is 0. The van der Waals surface area contributed by atoms with Crippen LogP contribution in [0.1, 0.15) is 5.56 Å². The summed E-state index contributed by atoms with van der Waals surface area (Å²) in [5.41, 5.74) is 2.34. The number of pyridine rings is 1. The topological polar surface area (TPSA) is 66.2 Å². The molecule has 0 atom stereocenters. The number of hydrogen-bond donors (Lipinski definition) is 0. The molecule has 0 saturated heterocycles. The van der Waals surface area contributed by atoms with Crippen LogP contribution in [0, 0.1) is 0 Å². The lowest BCUT2D eigenvalue weighted by molar-refractivity contribution is 0.174. The molecule has 6 heteroatoms. The summed E-state index contributed by atoms with van der Waals surface area (Å²) in [6.07, 6.45) is 3.42. The number of hydrogen-bond acceptors (Lipinski definition) is 5. The number of rotatable bonds is 3. The van der Waals surface area contributed by atoms with E-state index in [4.69, 9.17) is 9.47 Å². The van der Waals surface area contributed by atoms with Gasteiger partial charge in [0.2, 0.25) is 6.79 Å². The Balaban J connectivity index is 1.70. The molecule has 3 aromatic rings. The zero-order valence-corrected chi connectivity index (χ0v) is 12.2. The van der Waals surface area contributed by atoms with Crippen molar-refractivity contribution < 1.29 is 9.47 Å². The van der Waals surface area contributed by atoms with Gasteiger partial charge >= 0.3 is 0 Å². The van der Waals surface area contributed by atoms with Crippen LogP contribution in [0.3, 0.4) is 0 Å². The van der Waals surface area contributed by atoms with Crippen molar-refractivity contribution >= 4 is 0 Å². The Hall–Kier alpha value is -3.15. The summed E-state index contributed by atoms with van der Waals surface area (Å²) >= 11 is 0. The van der Waals surface area contributed by atoms with Crippen molar-refractivity contribution in [2.24, 2.45) is 0 Å². The number of nitrogens with zero attached hydrogens (tertiary/aromatic N) is 3. The molecule has 0 bridgehead atoms. The molecule has 0 fully saturated rings. The van der Waals surface area contributed by atoms with Gasteiger partial charge in [-0.2, -0.15) is 5.10 Å². The van der Waals surface area contributed by atoms with Gasteiger partial charge in [0.1, 0.15) is 0 Å². The van der Waals surface area contributed by atoms with Crippen molar-refractivity contribution in [1.82, 2.24) is 14.8 Å². The fourth-order valence-corrected chi connectivity index (χ4v) is 2.44. The molecular formula is C17H13N3O3. The fourth-order valence-electron chi connectivity index (χ4n) is 2.44. The molecule has 114 valence electrons. The number of benzene rings is 1. The summed E-state index contributed by atoms with van der Waals surface area (Å²) in [6, 6.07) is 12.6. The van der Waals surface area contributed by atoms with Crippen molar-refractivity contribution in [2.45, 2.75) is 6.54 Å². The van der Waals surface area contributed by atoms with Gasteiger partial charge in [-0.1, -0.05) is 6.07 Å². The van der Waals surface area contributed by atoms with E-state index in [1.807, 2.05) is 30.3 Å². The van der Waals surface area contributed by atoms with Crippen LogP contribution in [-0.2, 0) is 6.54 Å². The lowest BCUT2D eigenvalue weighted by atomic mass is 10.1. The van der Waals surface area contributed by atoms with Crippen LogP contribution in [0.25, 0.3) is 11.3 Å². The number of ether oxygens (including phenoxy) is 2. The second-order valence-corrected chi connectivity index (χ2v) is 5.14. The highest BCUT2D eigenvalue weighted by Gasteiger charge is 2.14. The van der Waals surface area contributed by atoms with Crippen molar-refractivity contribution in [3.8, 4) is 22.8 Å². The maximum atomic E-state index is 12.0. The van der Waals surface area contributed by atoms with Crippen molar-refractivity contribution in [1.29, 1.82) is 0 Å². The van der Waals surface area contributed by atoms with Crippen molar-refractivity contribution in [3.63, 3.8) is 0 Å². The molecule has 23 heavy (non-hydrogen) atoms. The summed E-state index contributed by atoms with van der Waals surface area (Å²) < 4.78 is 12.1. The molecule has 0 saturated carbocycles. The molecule has 0 amide bonds. The maximum Gasteiger partial charge on any atom is 0.267 e. The molecule has 1 aliphatic rings. The van der Waals surface area contributed by atoms with E-state index in [2.05, 4.69) is 10.1 Å². The average Bonchev–Trinajstić information content (AvgIpc) is 3.05. The van der Waals surface area contributed by atoms with Crippen LogP contribution in [-0.4, -0.2) is 21.6 Å². The third-order valence-electron chi connectivity index (χ3n) is 3.59. The van der Waals surface area contributed by atoms with Crippen LogP contribution in [0.2, 0.25) is 0 Å². The molecule has 3 heterocycles. The lowest BCUT2D eigenvalue weighted by Crippen LogP contribution is -2.22. The Labute approximate surface area is 131 Å². The molecule has 0 spiro atoms. The van der Waals surface area contributed by atoms with Crippen LogP contribution in [0.4, 0.5) is 0 Å². The highest BCUT2D eigenvalue weighted by molar-refractivity contribution is 5.63.